The lowest BCUT2D eigenvalue weighted by Crippen LogP contribution is -2.27. The Bertz CT molecular complexity index is 305. The second-order valence-corrected chi connectivity index (χ2v) is 2.80. The molecule has 1 aliphatic carbocycles. The molecule has 0 radical (unpaired) electrons. The van der Waals surface area contributed by atoms with Crippen LogP contribution in [0.2, 0.25) is 0 Å². The second-order valence-electron chi connectivity index (χ2n) is 2.80. The third kappa shape index (κ3) is 3.14. The van der Waals surface area contributed by atoms with E-state index >= 15 is 0 Å². The van der Waals surface area contributed by atoms with Gasteiger partial charge in [0.1, 0.15) is 5.83 Å². The van der Waals surface area contributed by atoms with E-state index in [1.165, 1.54) is 18.2 Å². The number of halogens is 1. The van der Waals surface area contributed by atoms with Crippen LogP contribution in [0.4, 0.5) is 4.39 Å². The maximum absolute atomic E-state index is 12.7. The molecule has 1 rings (SSSR count). The summed E-state index contributed by atoms with van der Waals surface area (Å²) in [7, 11) is 0. The molecular formula is C10H12FNO2. The number of carbonyl (C=O) groups is 1. The molecule has 0 spiro atoms. The summed E-state index contributed by atoms with van der Waals surface area (Å²) in [5, 5.41) is 11.0. The summed E-state index contributed by atoms with van der Waals surface area (Å²) < 4.78 is 12.7. The van der Waals surface area contributed by atoms with E-state index in [1.54, 1.807) is 6.08 Å². The fourth-order valence-electron chi connectivity index (χ4n) is 1.04. The van der Waals surface area contributed by atoms with Gasteiger partial charge in [0.25, 0.3) is 5.91 Å². The van der Waals surface area contributed by atoms with Crippen molar-refractivity contribution in [2.45, 2.75) is 6.42 Å². The summed E-state index contributed by atoms with van der Waals surface area (Å²) in [5.74, 6) is -0.635. The molecule has 0 aromatic rings. The molecule has 1 amide bonds. The van der Waals surface area contributed by atoms with Crippen LogP contribution in [-0.4, -0.2) is 24.2 Å². The van der Waals surface area contributed by atoms with Gasteiger partial charge in [-0.3, -0.25) is 4.79 Å². The number of rotatable bonds is 3. The molecule has 76 valence electrons. The zero-order valence-electron chi connectivity index (χ0n) is 7.66. The first-order chi connectivity index (χ1) is 6.74. The van der Waals surface area contributed by atoms with E-state index in [0.29, 0.717) is 12.0 Å². The number of nitrogens with one attached hydrogen (secondary N) is 1. The maximum Gasteiger partial charge on any atom is 0.251 e. The molecule has 0 atom stereocenters. The van der Waals surface area contributed by atoms with Gasteiger partial charge in [0.05, 0.1) is 6.61 Å². The average Bonchev–Trinajstić information content (AvgIpc) is 2.39. The lowest BCUT2D eigenvalue weighted by atomic mass is 10.2. The van der Waals surface area contributed by atoms with Crippen LogP contribution in [0.1, 0.15) is 6.42 Å². The highest BCUT2D eigenvalue weighted by atomic mass is 19.1. The van der Waals surface area contributed by atoms with Crippen molar-refractivity contribution in [1.29, 1.82) is 0 Å². The Morgan fingerprint density at radius 1 is 1.50 bits per heavy atom. The number of allylic oxidation sites excluding steroid dienone is 4. The van der Waals surface area contributed by atoms with Crippen molar-refractivity contribution in [1.82, 2.24) is 5.32 Å². The van der Waals surface area contributed by atoms with Crippen LogP contribution in [0.25, 0.3) is 0 Å². The molecule has 0 aliphatic heterocycles. The van der Waals surface area contributed by atoms with Gasteiger partial charge in [-0.1, -0.05) is 6.08 Å². The van der Waals surface area contributed by atoms with E-state index in [1.807, 2.05) is 0 Å². The molecule has 14 heavy (non-hydrogen) atoms. The minimum absolute atomic E-state index is 0.102. The zero-order chi connectivity index (χ0) is 10.4. The standard InChI is InChI=1S/C10H12FNO2/c11-9-3-1-2-8(4-5-9)10(14)12-6-7-13/h2-5,13H,1,6-7H2,(H,12,14). The molecule has 0 aromatic carbocycles. The average molecular weight is 197 g/mol. The summed E-state index contributed by atoms with van der Waals surface area (Å²) >= 11 is 0. The van der Waals surface area contributed by atoms with Gasteiger partial charge in [0.2, 0.25) is 0 Å². The molecule has 0 heterocycles. The number of aliphatic hydroxyl groups is 1. The molecule has 2 N–H and O–H groups in total. The predicted octanol–water partition coefficient (Wildman–Crippen LogP) is 0.835. The minimum atomic E-state index is -0.341. The first kappa shape index (κ1) is 10.7. The van der Waals surface area contributed by atoms with Crippen LogP contribution in [0.3, 0.4) is 0 Å². The summed E-state index contributed by atoms with van der Waals surface area (Å²) in [4.78, 5) is 11.3. The largest absolute Gasteiger partial charge is 0.395 e. The van der Waals surface area contributed by atoms with Crippen LogP contribution in [0, 0.1) is 0 Å². The molecule has 0 aromatic heterocycles. The highest BCUT2D eigenvalue weighted by molar-refractivity contribution is 5.96. The van der Waals surface area contributed by atoms with Crippen molar-refractivity contribution in [3.63, 3.8) is 0 Å². The Balaban J connectivity index is 2.57. The Hall–Kier alpha value is -1.42. The molecule has 3 nitrogen and oxygen atoms in total. The van der Waals surface area contributed by atoms with Crippen molar-refractivity contribution >= 4 is 5.91 Å². The molecule has 1 aliphatic rings. The van der Waals surface area contributed by atoms with E-state index in [9.17, 15) is 9.18 Å². The highest BCUT2D eigenvalue weighted by Crippen LogP contribution is 2.11. The van der Waals surface area contributed by atoms with E-state index in [0.717, 1.165) is 0 Å². The van der Waals surface area contributed by atoms with Gasteiger partial charge in [-0.25, -0.2) is 4.39 Å². The molecule has 0 bridgehead atoms. The summed E-state index contributed by atoms with van der Waals surface area (Å²) in [6.07, 6.45) is 6.10. The van der Waals surface area contributed by atoms with Gasteiger partial charge in [-0.15, -0.1) is 0 Å². The molecule has 0 unspecified atom stereocenters. The van der Waals surface area contributed by atoms with Crippen LogP contribution in [0.15, 0.2) is 35.7 Å². The van der Waals surface area contributed by atoms with Crippen LogP contribution < -0.4 is 5.32 Å². The van der Waals surface area contributed by atoms with Gasteiger partial charge in [-0.2, -0.15) is 0 Å². The molecule has 0 saturated carbocycles. The number of amides is 1. The van der Waals surface area contributed by atoms with Gasteiger partial charge in [0.15, 0.2) is 0 Å². The number of hydrogen-bond acceptors (Lipinski definition) is 2. The smallest absolute Gasteiger partial charge is 0.251 e. The fraction of sp³-hybridized carbons (Fsp3) is 0.300. The zero-order valence-corrected chi connectivity index (χ0v) is 7.66. The Morgan fingerprint density at radius 3 is 3.00 bits per heavy atom. The van der Waals surface area contributed by atoms with E-state index in [-0.39, 0.29) is 24.9 Å². The first-order valence-electron chi connectivity index (χ1n) is 4.37. The van der Waals surface area contributed by atoms with Crippen molar-refractivity contribution in [3.05, 3.63) is 35.7 Å². The van der Waals surface area contributed by atoms with Crippen LogP contribution >= 0.6 is 0 Å². The van der Waals surface area contributed by atoms with Gasteiger partial charge < -0.3 is 10.4 Å². The van der Waals surface area contributed by atoms with Crippen molar-refractivity contribution in [2.24, 2.45) is 0 Å². The monoisotopic (exact) mass is 197 g/mol. The maximum atomic E-state index is 12.7. The predicted molar refractivity (Wildman–Crippen MR) is 51.1 cm³/mol. The van der Waals surface area contributed by atoms with Gasteiger partial charge >= 0.3 is 0 Å². The van der Waals surface area contributed by atoms with Crippen LogP contribution in [-0.2, 0) is 4.79 Å². The molecule has 0 saturated heterocycles. The van der Waals surface area contributed by atoms with E-state index in [2.05, 4.69) is 5.32 Å². The minimum Gasteiger partial charge on any atom is -0.395 e. The third-order valence-corrected chi connectivity index (χ3v) is 1.73. The van der Waals surface area contributed by atoms with E-state index in [4.69, 9.17) is 5.11 Å². The highest BCUT2D eigenvalue weighted by Gasteiger charge is 2.06. The third-order valence-electron chi connectivity index (χ3n) is 1.73. The number of carbonyl (C=O) groups excluding carboxylic acids is 1. The molecule has 4 heteroatoms. The SMILES string of the molecule is O=C(NCCO)C1=CCC=C(F)C=C1. The van der Waals surface area contributed by atoms with Crippen molar-refractivity contribution in [3.8, 4) is 0 Å². The van der Waals surface area contributed by atoms with Crippen LogP contribution in [0.5, 0.6) is 0 Å². The van der Waals surface area contributed by atoms with Gasteiger partial charge in [-0.05, 0) is 24.6 Å². The summed E-state index contributed by atoms with van der Waals surface area (Å²) in [6.45, 7) is 0.106. The summed E-state index contributed by atoms with van der Waals surface area (Å²) in [6, 6.07) is 0. The first-order valence-corrected chi connectivity index (χ1v) is 4.37. The van der Waals surface area contributed by atoms with E-state index < -0.39 is 0 Å². The molecule has 0 fully saturated rings. The van der Waals surface area contributed by atoms with Gasteiger partial charge in [0, 0.05) is 12.1 Å². The Labute approximate surface area is 81.6 Å². The molecular weight excluding hydrogens is 185 g/mol. The lowest BCUT2D eigenvalue weighted by molar-refractivity contribution is -0.117. The second kappa shape index (κ2) is 5.34. The van der Waals surface area contributed by atoms with Crippen molar-refractivity contribution < 1.29 is 14.3 Å². The fourth-order valence-corrected chi connectivity index (χ4v) is 1.04. The Kier molecular flexibility index (Phi) is 4.07. The number of hydrogen-bond donors (Lipinski definition) is 2. The normalized spacial score (nSPS) is 15.6. The quantitative estimate of drug-likeness (QED) is 0.704. The Morgan fingerprint density at radius 2 is 2.29 bits per heavy atom. The van der Waals surface area contributed by atoms with Crippen molar-refractivity contribution in [2.75, 3.05) is 13.2 Å². The number of aliphatic hydroxyl groups excluding tert-OH is 1. The lowest BCUT2D eigenvalue weighted by Gasteiger charge is -2.02. The topological polar surface area (TPSA) is 49.3 Å². The summed E-state index contributed by atoms with van der Waals surface area (Å²) in [5.41, 5.74) is 0.419.